The molecule has 332 valence electrons. The Morgan fingerprint density at radius 3 is 2.32 bits per heavy atom. The number of rotatable bonds is 24. The lowest BCUT2D eigenvalue weighted by Gasteiger charge is -2.40. The number of nitrogens with one attached hydrogen (secondary N) is 3. The predicted molar refractivity (Wildman–Crippen MR) is 225 cm³/mol. The molecule has 0 aromatic heterocycles. The largest absolute Gasteiger partial charge is 0.449 e. The van der Waals surface area contributed by atoms with Crippen LogP contribution in [0.15, 0.2) is 30.3 Å². The van der Waals surface area contributed by atoms with Crippen LogP contribution in [0.2, 0.25) is 0 Å². The molecule has 2 saturated heterocycles. The average molecular weight is 828 g/mol. The minimum Gasteiger partial charge on any atom is -0.449 e. The number of fused-ring (bicyclic) bond motifs is 2. The molecule has 1 saturated carbocycles. The minimum absolute atomic E-state index is 0.0241. The monoisotopic (exact) mass is 828 g/mol. The first kappa shape index (κ1) is 48.2. The normalized spacial score (nSPS) is 25.6. The van der Waals surface area contributed by atoms with E-state index >= 15 is 0 Å². The van der Waals surface area contributed by atoms with E-state index in [0.29, 0.717) is 26.1 Å². The molecule has 2 heterocycles. The molecule has 13 atom stereocenters. The number of benzene rings is 1. The number of ether oxygens (including phenoxy) is 3. The highest BCUT2D eigenvalue weighted by Gasteiger charge is 2.53. The zero-order valence-corrected chi connectivity index (χ0v) is 36.9. The van der Waals surface area contributed by atoms with Crippen molar-refractivity contribution in [2.75, 3.05) is 40.5 Å². The third-order valence-corrected chi connectivity index (χ3v) is 13.4. The fraction of sp³-hybridized carbons (Fsp3) is 0.756. The van der Waals surface area contributed by atoms with E-state index in [2.05, 4.69) is 34.7 Å². The molecule has 1 aromatic carbocycles. The van der Waals surface area contributed by atoms with Crippen LogP contribution in [-0.4, -0.2) is 134 Å². The molecular formula is C45H73N5O9. The average Bonchev–Trinajstić information content (AvgIpc) is 4.00. The minimum atomic E-state index is -1.14. The Kier molecular flexibility index (Phi) is 18.3. The van der Waals surface area contributed by atoms with Gasteiger partial charge < -0.3 is 39.5 Å². The number of unbranched alkanes of at least 4 members (excludes halogenated alkanes) is 1. The highest BCUT2D eigenvalue weighted by molar-refractivity contribution is 5.92. The second-order valence-electron chi connectivity index (χ2n) is 17.8. The van der Waals surface area contributed by atoms with Crippen molar-refractivity contribution >= 4 is 30.5 Å². The fourth-order valence-electron chi connectivity index (χ4n) is 9.90. The SMILES string of the molecule is CCCCOC(=O)N1C2CCC(C2)C1C(=O)NC(C(=O)NC[C@@H]([C@@H](OC)[C@@H](C=O)N1CC[C@H]([C@@H](OC)[C@](C)(C=O)N[C@H](C)[C@@H](O)c2ccccc2)C1)[C@@H](C)CC)C(C)C. The van der Waals surface area contributed by atoms with Gasteiger partial charge in [0.1, 0.15) is 24.7 Å². The number of likely N-dealkylation sites (tertiary alicyclic amines) is 2. The smallest absolute Gasteiger partial charge is 0.410 e. The van der Waals surface area contributed by atoms with Crippen LogP contribution in [-0.2, 0) is 33.4 Å². The second kappa shape index (κ2) is 22.4. The Balaban J connectivity index is 1.44. The van der Waals surface area contributed by atoms with Crippen LogP contribution < -0.4 is 16.0 Å². The summed E-state index contributed by atoms with van der Waals surface area (Å²) >= 11 is 0. The van der Waals surface area contributed by atoms with Crippen molar-refractivity contribution in [2.24, 2.45) is 29.6 Å². The van der Waals surface area contributed by atoms with Gasteiger partial charge in [-0.25, -0.2) is 4.79 Å². The Hall–Kier alpha value is -3.43. The van der Waals surface area contributed by atoms with Crippen LogP contribution in [0.3, 0.4) is 0 Å². The van der Waals surface area contributed by atoms with Gasteiger partial charge in [0.25, 0.3) is 0 Å². The van der Waals surface area contributed by atoms with E-state index < -0.39 is 54.1 Å². The van der Waals surface area contributed by atoms with Gasteiger partial charge in [-0.3, -0.25) is 24.7 Å². The molecule has 14 nitrogen and oxygen atoms in total. The van der Waals surface area contributed by atoms with Gasteiger partial charge in [0, 0.05) is 51.2 Å². The molecule has 4 unspecified atom stereocenters. The van der Waals surface area contributed by atoms with Crippen LogP contribution in [0.4, 0.5) is 4.79 Å². The highest BCUT2D eigenvalue weighted by atomic mass is 16.6. The maximum Gasteiger partial charge on any atom is 0.410 e. The molecule has 1 aliphatic carbocycles. The number of hydrogen-bond acceptors (Lipinski definition) is 11. The van der Waals surface area contributed by atoms with Crippen molar-refractivity contribution in [3.05, 3.63) is 35.9 Å². The van der Waals surface area contributed by atoms with Gasteiger partial charge in [-0.05, 0) is 75.8 Å². The Morgan fingerprint density at radius 2 is 1.73 bits per heavy atom. The maximum atomic E-state index is 14.0. The first-order valence-electron chi connectivity index (χ1n) is 21.9. The number of aldehydes is 2. The quantitative estimate of drug-likeness (QED) is 0.0865. The standard InChI is InChI=1S/C45H73N5O9/c1-10-12-22-59-44(56)50-34-19-18-32(23-34)38(50)43(55)47-37(28(3)4)42(54)46-24-35(29(5)11-2)40(57-8)36(26-51)49-21-20-33(25-49)41(58-9)45(7,27-52)48-30(6)39(53)31-16-14-13-15-17-31/h13-17,26-30,32-41,48,53H,10-12,18-25H2,1-9H3,(H,46,54)(H,47,55)/t29-,30+,32?,33-,34?,35+,36+,37?,38?,39+,40+,41+,45-/m0/s1. The fourth-order valence-corrected chi connectivity index (χ4v) is 9.90. The Labute approximate surface area is 352 Å². The molecule has 4 rings (SSSR count). The van der Waals surface area contributed by atoms with Crippen LogP contribution in [0, 0.1) is 29.6 Å². The number of hydrogen-bond donors (Lipinski definition) is 4. The molecule has 59 heavy (non-hydrogen) atoms. The third kappa shape index (κ3) is 11.5. The molecule has 2 aliphatic heterocycles. The summed E-state index contributed by atoms with van der Waals surface area (Å²) in [5.41, 5.74) is -0.400. The van der Waals surface area contributed by atoms with Crippen LogP contribution in [0.1, 0.15) is 105 Å². The van der Waals surface area contributed by atoms with Crippen LogP contribution >= 0.6 is 0 Å². The van der Waals surface area contributed by atoms with E-state index in [1.165, 1.54) is 0 Å². The van der Waals surface area contributed by atoms with Crippen LogP contribution in [0.25, 0.3) is 0 Å². The lowest BCUT2D eigenvalue weighted by Crippen LogP contribution is -2.61. The second-order valence-corrected chi connectivity index (χ2v) is 17.8. The van der Waals surface area contributed by atoms with Crippen LogP contribution in [0.5, 0.6) is 0 Å². The van der Waals surface area contributed by atoms with Gasteiger partial charge in [0.05, 0.1) is 36.5 Å². The molecule has 3 aliphatic rings. The molecule has 0 radical (unpaired) electrons. The van der Waals surface area contributed by atoms with E-state index in [1.807, 2.05) is 58.0 Å². The van der Waals surface area contributed by atoms with Crippen molar-refractivity contribution in [2.45, 2.75) is 147 Å². The van der Waals surface area contributed by atoms with Gasteiger partial charge >= 0.3 is 6.09 Å². The summed E-state index contributed by atoms with van der Waals surface area (Å²) in [5.74, 6) is -1.21. The number of amides is 3. The summed E-state index contributed by atoms with van der Waals surface area (Å²) in [6, 6.07) is 6.62. The van der Waals surface area contributed by atoms with Gasteiger partial charge in [-0.2, -0.15) is 0 Å². The van der Waals surface area contributed by atoms with Crippen molar-refractivity contribution in [3.63, 3.8) is 0 Å². The summed E-state index contributed by atoms with van der Waals surface area (Å²) in [5, 5.41) is 20.5. The topological polar surface area (TPSA) is 176 Å². The van der Waals surface area contributed by atoms with E-state index in [9.17, 15) is 29.1 Å². The molecule has 2 bridgehead atoms. The molecule has 3 amide bonds. The number of aliphatic hydroxyl groups is 1. The molecule has 0 spiro atoms. The zero-order valence-electron chi connectivity index (χ0n) is 36.9. The lowest BCUT2D eigenvalue weighted by atomic mass is 9.83. The van der Waals surface area contributed by atoms with Crippen molar-refractivity contribution in [1.29, 1.82) is 0 Å². The number of carbonyl (C=O) groups is 5. The van der Waals surface area contributed by atoms with E-state index in [1.54, 1.807) is 26.0 Å². The summed E-state index contributed by atoms with van der Waals surface area (Å²) in [4.78, 5) is 70.4. The number of aliphatic hydroxyl groups excluding tert-OH is 1. The molecular weight excluding hydrogens is 755 g/mol. The molecule has 3 fully saturated rings. The summed E-state index contributed by atoms with van der Waals surface area (Å²) in [6.07, 6.45) is 4.83. The van der Waals surface area contributed by atoms with Gasteiger partial charge in [-0.15, -0.1) is 0 Å². The van der Waals surface area contributed by atoms with E-state index in [0.717, 1.165) is 56.7 Å². The first-order chi connectivity index (χ1) is 28.2. The number of piperidine rings is 1. The van der Waals surface area contributed by atoms with Gasteiger partial charge in [0.15, 0.2) is 0 Å². The third-order valence-electron chi connectivity index (χ3n) is 13.4. The lowest BCUT2D eigenvalue weighted by molar-refractivity contribution is -0.134. The molecule has 4 N–H and O–H groups in total. The zero-order chi connectivity index (χ0) is 43.4. The Morgan fingerprint density at radius 1 is 1.02 bits per heavy atom. The number of carbonyl (C=O) groups excluding carboxylic acids is 5. The highest BCUT2D eigenvalue weighted by Crippen LogP contribution is 2.43. The molecule has 14 heteroatoms. The summed E-state index contributed by atoms with van der Waals surface area (Å²) in [6.45, 7) is 15.1. The van der Waals surface area contributed by atoms with Gasteiger partial charge in [-0.1, -0.05) is 77.8 Å². The Bertz CT molecular complexity index is 1520. The molecule has 1 aromatic rings. The predicted octanol–water partition coefficient (Wildman–Crippen LogP) is 4.28. The van der Waals surface area contributed by atoms with Crippen molar-refractivity contribution in [1.82, 2.24) is 25.8 Å². The number of nitrogens with zero attached hydrogens (tertiary/aromatic N) is 2. The van der Waals surface area contributed by atoms with Gasteiger partial charge in [0.2, 0.25) is 11.8 Å². The summed E-state index contributed by atoms with van der Waals surface area (Å²) < 4.78 is 17.7. The first-order valence-corrected chi connectivity index (χ1v) is 21.9. The maximum absolute atomic E-state index is 14.0. The van der Waals surface area contributed by atoms with Crippen molar-refractivity contribution in [3.8, 4) is 0 Å². The summed E-state index contributed by atoms with van der Waals surface area (Å²) in [7, 11) is 3.16. The van der Waals surface area contributed by atoms with E-state index in [4.69, 9.17) is 14.2 Å². The van der Waals surface area contributed by atoms with Crippen molar-refractivity contribution < 1.29 is 43.3 Å². The van der Waals surface area contributed by atoms with E-state index in [-0.39, 0.29) is 54.0 Å². The number of methoxy groups -OCH3 is 2.